The van der Waals surface area contributed by atoms with Crippen LogP contribution in [0, 0.1) is 11.3 Å². The molecule has 1 saturated carbocycles. The van der Waals surface area contributed by atoms with Crippen LogP contribution in [0.15, 0.2) is 0 Å². The number of hydrogen-bond donors (Lipinski definition) is 2. The van der Waals surface area contributed by atoms with E-state index in [0.717, 1.165) is 0 Å². The highest BCUT2D eigenvalue weighted by molar-refractivity contribution is 5.81. The molecule has 23 heavy (non-hydrogen) atoms. The largest absolute Gasteiger partial charge is 0.353 e. The van der Waals surface area contributed by atoms with Crippen LogP contribution >= 0.6 is 0 Å². The average Bonchev–Trinajstić information content (AvgIpc) is 2.37. The summed E-state index contributed by atoms with van der Waals surface area (Å²) in [6, 6.07) is 0.445. The Morgan fingerprint density at radius 2 is 1.39 bits per heavy atom. The van der Waals surface area contributed by atoms with Crippen molar-refractivity contribution in [2.45, 2.75) is 99.1 Å². The smallest absolute Gasteiger partial charge is 0.225 e. The maximum atomic E-state index is 11.6. The van der Waals surface area contributed by atoms with Crippen molar-refractivity contribution in [2.75, 3.05) is 0 Å². The van der Waals surface area contributed by atoms with Crippen molar-refractivity contribution < 1.29 is 9.59 Å². The van der Waals surface area contributed by atoms with Gasteiger partial charge in [-0.25, -0.2) is 0 Å². The van der Waals surface area contributed by atoms with E-state index in [9.17, 15) is 9.59 Å². The summed E-state index contributed by atoms with van der Waals surface area (Å²) in [5, 5.41) is 6.00. The van der Waals surface area contributed by atoms with Gasteiger partial charge in [0.2, 0.25) is 11.8 Å². The first-order valence-electron chi connectivity index (χ1n) is 8.96. The van der Waals surface area contributed by atoms with E-state index in [4.69, 9.17) is 0 Å². The summed E-state index contributed by atoms with van der Waals surface area (Å²) in [4.78, 5) is 22.7. The number of rotatable bonds is 2. The summed E-state index contributed by atoms with van der Waals surface area (Å²) in [5.41, 5.74) is -0.335. The van der Waals surface area contributed by atoms with Gasteiger partial charge in [-0.3, -0.25) is 9.59 Å². The monoisotopic (exact) mass is 326 g/mol. The maximum absolute atomic E-state index is 11.6. The van der Waals surface area contributed by atoms with Crippen LogP contribution in [0.5, 0.6) is 0 Å². The molecule has 0 heterocycles. The minimum absolute atomic E-state index is 0.0826. The molecular formula is C19H38N2O2. The summed E-state index contributed by atoms with van der Waals surface area (Å²) in [5.74, 6) is 0.395. The number of carbonyl (C=O) groups excluding carboxylic acids is 2. The molecule has 1 aliphatic rings. The zero-order valence-electron chi connectivity index (χ0n) is 16.5. The van der Waals surface area contributed by atoms with Gasteiger partial charge >= 0.3 is 0 Å². The normalized spacial score (nSPS) is 16.4. The molecule has 0 radical (unpaired) electrons. The fourth-order valence-electron chi connectivity index (χ4n) is 2.16. The lowest BCUT2D eigenvalue weighted by atomic mass is 9.91. The van der Waals surface area contributed by atoms with E-state index < -0.39 is 0 Å². The van der Waals surface area contributed by atoms with Crippen LogP contribution in [-0.2, 0) is 9.59 Å². The topological polar surface area (TPSA) is 58.2 Å². The van der Waals surface area contributed by atoms with Crippen molar-refractivity contribution in [1.82, 2.24) is 10.6 Å². The highest BCUT2D eigenvalue weighted by atomic mass is 16.2. The van der Waals surface area contributed by atoms with E-state index >= 15 is 0 Å². The highest BCUT2D eigenvalue weighted by Gasteiger charge is 2.24. The first-order valence-corrected chi connectivity index (χ1v) is 8.96. The maximum Gasteiger partial charge on any atom is 0.225 e. The number of amides is 2. The first-order chi connectivity index (χ1) is 10.3. The minimum atomic E-state index is -0.239. The molecule has 2 N–H and O–H groups in total. The van der Waals surface area contributed by atoms with Crippen molar-refractivity contribution in [1.29, 1.82) is 0 Å². The summed E-state index contributed by atoms with van der Waals surface area (Å²) >= 11 is 0. The van der Waals surface area contributed by atoms with E-state index in [1.807, 2.05) is 55.4 Å². The molecule has 0 saturated heterocycles. The Labute approximate surface area is 143 Å². The molecule has 0 bridgehead atoms. The third-order valence-corrected chi connectivity index (χ3v) is 3.64. The Morgan fingerprint density at radius 1 is 0.913 bits per heavy atom. The molecule has 0 spiro atoms. The molecule has 0 aliphatic heterocycles. The van der Waals surface area contributed by atoms with Crippen molar-refractivity contribution >= 4 is 11.8 Å². The summed E-state index contributed by atoms with van der Waals surface area (Å²) in [7, 11) is 0. The Hall–Kier alpha value is -1.06. The molecule has 136 valence electrons. The van der Waals surface area contributed by atoms with Crippen LogP contribution in [0.3, 0.4) is 0 Å². The first kappa shape index (κ1) is 21.9. The lowest BCUT2D eigenvalue weighted by Crippen LogP contribution is -2.42. The van der Waals surface area contributed by atoms with Crippen molar-refractivity contribution in [3.8, 4) is 0 Å². The number of nitrogens with one attached hydrogen (secondary N) is 2. The van der Waals surface area contributed by atoms with Gasteiger partial charge in [-0.05, 0) is 33.6 Å². The lowest BCUT2D eigenvalue weighted by molar-refractivity contribution is -0.129. The Bertz CT molecular complexity index is 370. The second-order valence-electron chi connectivity index (χ2n) is 8.95. The third-order valence-electron chi connectivity index (χ3n) is 3.64. The molecule has 0 aromatic heterocycles. The van der Waals surface area contributed by atoms with Crippen LogP contribution in [-0.4, -0.2) is 23.4 Å². The van der Waals surface area contributed by atoms with Crippen LogP contribution in [0.25, 0.3) is 0 Å². The van der Waals surface area contributed by atoms with Crippen molar-refractivity contribution in [3.05, 3.63) is 0 Å². The molecule has 0 aromatic rings. The van der Waals surface area contributed by atoms with Gasteiger partial charge < -0.3 is 10.6 Å². The fraction of sp³-hybridized carbons (Fsp3) is 0.895. The summed E-state index contributed by atoms with van der Waals surface area (Å²) < 4.78 is 0. The summed E-state index contributed by atoms with van der Waals surface area (Å²) in [6.07, 6.45) is 6.22. The van der Waals surface area contributed by atoms with E-state index in [-0.39, 0.29) is 28.7 Å². The molecule has 0 atom stereocenters. The van der Waals surface area contributed by atoms with E-state index in [0.29, 0.717) is 6.04 Å². The molecule has 1 fully saturated rings. The molecule has 4 heteroatoms. The van der Waals surface area contributed by atoms with Gasteiger partial charge in [0, 0.05) is 22.9 Å². The van der Waals surface area contributed by atoms with Crippen LogP contribution < -0.4 is 10.6 Å². The number of carbonyl (C=O) groups is 2. The molecule has 1 aliphatic carbocycles. The zero-order chi connectivity index (χ0) is 18.3. The second-order valence-corrected chi connectivity index (χ2v) is 8.95. The fourth-order valence-corrected chi connectivity index (χ4v) is 2.16. The highest BCUT2D eigenvalue weighted by Crippen LogP contribution is 2.20. The van der Waals surface area contributed by atoms with Gasteiger partial charge in [-0.1, -0.05) is 53.9 Å². The standard InChI is InChI=1S/C11H21NO.C8H17NO/c1-11(2,3)10(13)12-9-7-5-4-6-8-9;1-6(2)7(10)9-8(3,4)5/h9H,4-8H2,1-3H3,(H,12,13);6H,1-5H3,(H,9,10). The molecule has 2 amide bonds. The number of hydrogen-bond acceptors (Lipinski definition) is 2. The van der Waals surface area contributed by atoms with Crippen LogP contribution in [0.4, 0.5) is 0 Å². The quantitative estimate of drug-likeness (QED) is 0.804. The molecule has 4 nitrogen and oxygen atoms in total. The van der Waals surface area contributed by atoms with Gasteiger partial charge in [-0.2, -0.15) is 0 Å². The Morgan fingerprint density at radius 3 is 1.70 bits per heavy atom. The van der Waals surface area contributed by atoms with E-state index in [1.165, 1.54) is 32.1 Å². The van der Waals surface area contributed by atoms with Crippen molar-refractivity contribution in [2.24, 2.45) is 11.3 Å². The van der Waals surface area contributed by atoms with E-state index in [1.54, 1.807) is 0 Å². The predicted molar refractivity (Wildman–Crippen MR) is 97.2 cm³/mol. The van der Waals surface area contributed by atoms with Gasteiger partial charge in [0.05, 0.1) is 0 Å². The lowest BCUT2D eigenvalue weighted by Gasteiger charge is -2.26. The predicted octanol–water partition coefficient (Wildman–Crippen LogP) is 4.04. The third kappa shape index (κ3) is 11.2. The van der Waals surface area contributed by atoms with Gasteiger partial charge in [0.1, 0.15) is 0 Å². The molecule has 0 unspecified atom stereocenters. The summed E-state index contributed by atoms with van der Waals surface area (Å²) in [6.45, 7) is 15.6. The molecular weight excluding hydrogens is 288 g/mol. The second kappa shape index (κ2) is 9.29. The van der Waals surface area contributed by atoms with Crippen LogP contribution in [0.1, 0.15) is 87.5 Å². The van der Waals surface area contributed by atoms with Gasteiger partial charge in [0.25, 0.3) is 0 Å². The Kier molecular flexibility index (Phi) is 8.86. The average molecular weight is 327 g/mol. The SMILES string of the molecule is CC(C)(C)C(=O)NC1CCCCC1.CC(C)C(=O)NC(C)(C)C. The van der Waals surface area contributed by atoms with Crippen molar-refractivity contribution in [3.63, 3.8) is 0 Å². The minimum Gasteiger partial charge on any atom is -0.353 e. The molecule has 1 rings (SSSR count). The Balaban J connectivity index is 0.000000438. The van der Waals surface area contributed by atoms with E-state index in [2.05, 4.69) is 10.6 Å². The van der Waals surface area contributed by atoms with Gasteiger partial charge in [0.15, 0.2) is 0 Å². The molecule has 0 aromatic carbocycles. The van der Waals surface area contributed by atoms with Gasteiger partial charge in [-0.15, -0.1) is 0 Å². The van der Waals surface area contributed by atoms with Crippen LogP contribution in [0.2, 0.25) is 0 Å². The zero-order valence-corrected chi connectivity index (χ0v) is 16.5.